The van der Waals surface area contributed by atoms with E-state index < -0.39 is 0 Å². The molecule has 2 aromatic heterocycles. The predicted octanol–water partition coefficient (Wildman–Crippen LogP) is 4.01. The number of hydrogen-bond donors (Lipinski definition) is 0. The first-order valence-corrected chi connectivity index (χ1v) is 10.7. The van der Waals surface area contributed by atoms with E-state index in [0.29, 0.717) is 29.3 Å². The van der Waals surface area contributed by atoms with Gasteiger partial charge in [-0.25, -0.2) is 0 Å². The van der Waals surface area contributed by atoms with Crippen molar-refractivity contribution in [3.8, 4) is 34.5 Å². The van der Waals surface area contributed by atoms with Crippen molar-refractivity contribution in [3.63, 3.8) is 0 Å². The highest BCUT2D eigenvalue weighted by Gasteiger charge is 2.26. The Kier molecular flexibility index (Phi) is 6.25. The van der Waals surface area contributed by atoms with Crippen LogP contribution in [0.5, 0.6) is 11.5 Å². The fourth-order valence-corrected chi connectivity index (χ4v) is 4.16. The van der Waals surface area contributed by atoms with Crippen LogP contribution >= 0.6 is 0 Å². The second kappa shape index (κ2) is 9.24. The number of likely N-dealkylation sites (tertiary alicyclic amines) is 1. The van der Waals surface area contributed by atoms with Crippen molar-refractivity contribution < 1.29 is 18.8 Å². The molecule has 1 aliphatic rings. The fourth-order valence-electron chi connectivity index (χ4n) is 4.16. The van der Waals surface area contributed by atoms with Crippen molar-refractivity contribution >= 4 is 5.91 Å². The Bertz CT molecular complexity index is 1040. The van der Waals surface area contributed by atoms with E-state index in [2.05, 4.69) is 17.1 Å². The van der Waals surface area contributed by atoms with E-state index in [1.54, 1.807) is 26.4 Å². The lowest BCUT2D eigenvalue weighted by Gasteiger charge is -2.35. The minimum absolute atomic E-state index is 0.128. The highest BCUT2D eigenvalue weighted by atomic mass is 16.5. The van der Waals surface area contributed by atoms with Gasteiger partial charge in [-0.05, 0) is 56.0 Å². The quantitative estimate of drug-likeness (QED) is 0.570. The van der Waals surface area contributed by atoms with Crippen LogP contribution < -0.4 is 9.47 Å². The first-order valence-electron chi connectivity index (χ1n) is 10.7. The molecular weight excluding hydrogens is 396 g/mol. The molecule has 0 aliphatic carbocycles. The summed E-state index contributed by atoms with van der Waals surface area (Å²) in [4.78, 5) is 19.6. The number of carbonyl (C=O) groups excluding carboxylic acids is 1. The van der Waals surface area contributed by atoms with E-state index >= 15 is 0 Å². The number of nitrogens with zero attached hydrogens (tertiary/aromatic N) is 4. The van der Waals surface area contributed by atoms with Crippen molar-refractivity contribution in [2.45, 2.75) is 45.2 Å². The van der Waals surface area contributed by atoms with Crippen LogP contribution in [0.2, 0.25) is 0 Å². The van der Waals surface area contributed by atoms with E-state index in [-0.39, 0.29) is 12.5 Å². The van der Waals surface area contributed by atoms with E-state index in [4.69, 9.17) is 14.0 Å². The molecule has 0 bridgehead atoms. The zero-order valence-corrected chi connectivity index (χ0v) is 18.2. The average molecular weight is 425 g/mol. The first kappa shape index (κ1) is 21.0. The van der Waals surface area contributed by atoms with Gasteiger partial charge in [0.05, 0.1) is 14.2 Å². The maximum absolute atomic E-state index is 13.0. The van der Waals surface area contributed by atoms with Crippen LogP contribution in [0.15, 0.2) is 41.1 Å². The third-order valence-electron chi connectivity index (χ3n) is 5.84. The van der Waals surface area contributed by atoms with Gasteiger partial charge in [-0.2, -0.15) is 4.98 Å². The highest BCUT2D eigenvalue weighted by Crippen LogP contribution is 2.32. The van der Waals surface area contributed by atoms with Crippen LogP contribution in [0, 0.1) is 0 Å². The van der Waals surface area contributed by atoms with Crippen molar-refractivity contribution in [2.75, 3.05) is 20.8 Å². The van der Waals surface area contributed by atoms with E-state index in [0.717, 1.165) is 37.1 Å². The summed E-state index contributed by atoms with van der Waals surface area (Å²) in [6.45, 7) is 3.23. The standard InChI is InChI=1S/C23H28N4O4/c1-4-17-8-5-6-13-27(17)21(28)15-26-12-7-9-18(26)23-24-22(25-31-23)16-10-11-19(29-2)20(14-16)30-3/h7,9-12,14,17H,4-6,8,13,15H2,1-3H3/t17-/m1/s1. The van der Waals surface area contributed by atoms with Crippen LogP contribution in [0.4, 0.5) is 0 Å². The molecular formula is C23H28N4O4. The van der Waals surface area contributed by atoms with Crippen molar-refractivity contribution in [3.05, 3.63) is 36.5 Å². The van der Waals surface area contributed by atoms with Gasteiger partial charge >= 0.3 is 0 Å². The molecule has 1 amide bonds. The molecule has 0 unspecified atom stereocenters. The second-order valence-electron chi connectivity index (χ2n) is 7.66. The number of aromatic nitrogens is 3. The molecule has 31 heavy (non-hydrogen) atoms. The molecule has 1 fully saturated rings. The van der Waals surface area contributed by atoms with E-state index in [1.807, 2.05) is 33.9 Å². The number of rotatable bonds is 7. The second-order valence-corrected chi connectivity index (χ2v) is 7.66. The molecule has 0 saturated carbocycles. The lowest BCUT2D eigenvalue weighted by molar-refractivity contribution is -0.135. The molecule has 0 radical (unpaired) electrons. The van der Waals surface area contributed by atoms with Gasteiger partial charge in [-0.15, -0.1) is 0 Å². The summed E-state index contributed by atoms with van der Waals surface area (Å²) in [6.07, 6.45) is 6.21. The number of carbonyl (C=O) groups is 1. The molecule has 1 saturated heterocycles. The molecule has 3 heterocycles. The van der Waals surface area contributed by atoms with Crippen LogP contribution in [0.3, 0.4) is 0 Å². The fraction of sp³-hybridized carbons (Fsp3) is 0.435. The van der Waals surface area contributed by atoms with Crippen LogP contribution in [-0.2, 0) is 11.3 Å². The minimum atomic E-state index is 0.128. The average Bonchev–Trinajstić information content (AvgIpc) is 3.48. The van der Waals surface area contributed by atoms with Crippen LogP contribution in [0.25, 0.3) is 23.0 Å². The Morgan fingerprint density at radius 2 is 2.03 bits per heavy atom. The number of benzene rings is 1. The number of hydrogen-bond acceptors (Lipinski definition) is 6. The van der Waals surface area contributed by atoms with Gasteiger partial charge in [0.25, 0.3) is 5.89 Å². The number of amides is 1. The third kappa shape index (κ3) is 4.28. The molecule has 0 spiro atoms. The molecule has 1 aliphatic heterocycles. The van der Waals surface area contributed by atoms with Gasteiger partial charge in [0.15, 0.2) is 11.5 Å². The smallest absolute Gasteiger partial charge is 0.274 e. The van der Waals surface area contributed by atoms with Gasteiger partial charge in [0.2, 0.25) is 11.7 Å². The number of piperidine rings is 1. The Labute approximate surface area is 181 Å². The molecule has 0 N–H and O–H groups in total. The van der Waals surface area contributed by atoms with E-state index in [9.17, 15) is 4.79 Å². The predicted molar refractivity (Wildman–Crippen MR) is 116 cm³/mol. The largest absolute Gasteiger partial charge is 0.493 e. The summed E-state index contributed by atoms with van der Waals surface area (Å²) >= 11 is 0. The molecule has 4 rings (SSSR count). The van der Waals surface area contributed by atoms with Crippen molar-refractivity contribution in [1.82, 2.24) is 19.6 Å². The van der Waals surface area contributed by atoms with Gasteiger partial charge < -0.3 is 23.5 Å². The maximum Gasteiger partial charge on any atom is 0.274 e. The Morgan fingerprint density at radius 3 is 2.81 bits per heavy atom. The van der Waals surface area contributed by atoms with E-state index in [1.165, 1.54) is 6.42 Å². The summed E-state index contributed by atoms with van der Waals surface area (Å²) in [6, 6.07) is 9.55. The minimum Gasteiger partial charge on any atom is -0.493 e. The summed E-state index contributed by atoms with van der Waals surface area (Å²) in [5.41, 5.74) is 1.47. The van der Waals surface area contributed by atoms with Crippen LogP contribution in [0.1, 0.15) is 32.6 Å². The molecule has 3 aromatic rings. The van der Waals surface area contributed by atoms with Crippen LogP contribution in [-0.4, -0.2) is 52.3 Å². The highest BCUT2D eigenvalue weighted by molar-refractivity contribution is 5.77. The summed E-state index contributed by atoms with van der Waals surface area (Å²) < 4.78 is 18.0. The lowest BCUT2D eigenvalue weighted by Crippen LogP contribution is -2.44. The monoisotopic (exact) mass is 424 g/mol. The zero-order chi connectivity index (χ0) is 21.8. The topological polar surface area (TPSA) is 82.6 Å². The lowest BCUT2D eigenvalue weighted by atomic mass is 10.00. The van der Waals surface area contributed by atoms with Gasteiger partial charge in [0.1, 0.15) is 12.2 Å². The molecule has 8 heteroatoms. The molecule has 164 valence electrons. The van der Waals surface area contributed by atoms with Gasteiger partial charge in [0, 0.05) is 24.3 Å². The van der Waals surface area contributed by atoms with Gasteiger partial charge in [-0.1, -0.05) is 12.1 Å². The SMILES string of the molecule is CC[C@@H]1CCCCN1C(=O)Cn1cccc1-c1nc(-c2ccc(OC)c(OC)c2)no1. The Hall–Kier alpha value is -3.29. The Morgan fingerprint density at radius 1 is 1.19 bits per heavy atom. The number of ether oxygens (including phenoxy) is 2. The Balaban J connectivity index is 1.54. The maximum atomic E-state index is 13.0. The zero-order valence-electron chi connectivity index (χ0n) is 18.2. The molecule has 1 aromatic carbocycles. The summed E-state index contributed by atoms with van der Waals surface area (Å²) in [7, 11) is 3.17. The van der Waals surface area contributed by atoms with Gasteiger partial charge in [-0.3, -0.25) is 4.79 Å². The number of methoxy groups -OCH3 is 2. The third-order valence-corrected chi connectivity index (χ3v) is 5.84. The normalized spacial score (nSPS) is 16.4. The van der Waals surface area contributed by atoms with Crippen molar-refractivity contribution in [1.29, 1.82) is 0 Å². The molecule has 8 nitrogen and oxygen atoms in total. The summed E-state index contributed by atoms with van der Waals surface area (Å²) in [5, 5.41) is 4.12. The van der Waals surface area contributed by atoms with Crippen molar-refractivity contribution in [2.24, 2.45) is 0 Å². The first-order chi connectivity index (χ1) is 15.1. The molecule has 1 atom stereocenters. The summed E-state index contributed by atoms with van der Waals surface area (Å²) in [5.74, 6) is 2.16.